The Hall–Kier alpha value is -2.61. The van der Waals surface area contributed by atoms with Crippen LogP contribution in [0.15, 0.2) is 76.0 Å². The average Bonchev–Trinajstić information content (AvgIpc) is 2.68. The number of hydrogen-bond acceptors (Lipinski definition) is 6. The lowest BCUT2D eigenvalue weighted by Crippen LogP contribution is -2.18. The molecule has 0 atom stereocenters. The van der Waals surface area contributed by atoms with Crippen molar-refractivity contribution < 1.29 is 9.63 Å². The average molecular weight is 419 g/mol. The number of oxime groups is 1. The Bertz CT molecular complexity index is 997. The molecule has 3 rings (SSSR count). The lowest BCUT2D eigenvalue weighted by Gasteiger charge is -2.06. The third-order valence-corrected chi connectivity index (χ3v) is 4.84. The third kappa shape index (κ3) is 4.97. The summed E-state index contributed by atoms with van der Waals surface area (Å²) < 4.78 is 0. The van der Waals surface area contributed by atoms with E-state index in [1.54, 1.807) is 30.3 Å². The second-order valence-corrected chi connectivity index (χ2v) is 7.01. The molecule has 0 saturated heterocycles. The van der Waals surface area contributed by atoms with Gasteiger partial charge in [-0.2, -0.15) is 0 Å². The zero-order valence-corrected chi connectivity index (χ0v) is 16.0. The van der Waals surface area contributed by atoms with Gasteiger partial charge in [-0.05, 0) is 36.4 Å². The molecule has 0 amide bonds. The summed E-state index contributed by atoms with van der Waals surface area (Å²) in [4.78, 5) is 26.3. The number of halogens is 2. The van der Waals surface area contributed by atoms with Crippen molar-refractivity contribution in [3.05, 3.63) is 82.2 Å². The van der Waals surface area contributed by atoms with E-state index in [1.807, 2.05) is 12.1 Å². The van der Waals surface area contributed by atoms with E-state index in [-0.39, 0.29) is 16.4 Å². The van der Waals surface area contributed by atoms with Crippen LogP contribution < -0.4 is 5.73 Å². The second kappa shape index (κ2) is 8.85. The third-order valence-electron chi connectivity index (χ3n) is 3.26. The van der Waals surface area contributed by atoms with Gasteiger partial charge in [-0.15, -0.1) is 0 Å². The fraction of sp³-hybridized carbons (Fsp3) is 0. The van der Waals surface area contributed by atoms with E-state index in [1.165, 1.54) is 30.2 Å². The Kier molecular flexibility index (Phi) is 6.28. The van der Waals surface area contributed by atoms with E-state index < -0.39 is 5.97 Å². The van der Waals surface area contributed by atoms with Crippen LogP contribution in [0.5, 0.6) is 0 Å². The van der Waals surface area contributed by atoms with E-state index in [9.17, 15) is 4.79 Å². The normalized spacial score (nSPS) is 11.3. The van der Waals surface area contributed by atoms with E-state index >= 15 is 0 Å². The minimum atomic E-state index is -0.723. The Morgan fingerprint density at radius 2 is 1.74 bits per heavy atom. The molecule has 9 heteroatoms. The van der Waals surface area contributed by atoms with Gasteiger partial charge in [0.15, 0.2) is 5.84 Å². The highest BCUT2D eigenvalue weighted by molar-refractivity contribution is 7.99. The van der Waals surface area contributed by atoms with Crippen molar-refractivity contribution in [3.8, 4) is 0 Å². The van der Waals surface area contributed by atoms with Gasteiger partial charge in [0.1, 0.15) is 10.7 Å². The van der Waals surface area contributed by atoms with Crippen molar-refractivity contribution in [1.82, 2.24) is 9.97 Å². The summed E-state index contributed by atoms with van der Waals surface area (Å²) in [5.74, 6) is -0.806. The van der Waals surface area contributed by atoms with Crippen molar-refractivity contribution in [3.63, 3.8) is 0 Å². The molecule has 0 aliphatic rings. The van der Waals surface area contributed by atoms with Gasteiger partial charge in [0, 0.05) is 22.3 Å². The van der Waals surface area contributed by atoms with Crippen molar-refractivity contribution in [2.75, 3.05) is 0 Å². The molecule has 136 valence electrons. The minimum Gasteiger partial charge on any atom is -0.379 e. The second-order valence-electron chi connectivity index (χ2n) is 5.10. The number of carbonyl (C=O) groups excluding carboxylic acids is 1. The molecule has 0 saturated carbocycles. The smallest absolute Gasteiger partial charge is 0.367 e. The maximum atomic E-state index is 12.1. The standard InChI is InChI=1S/C18H12Cl2N4O2S/c19-11-5-7-12(8-6-11)27-17-15(22-9-10-23-17)16(21)24-26-18(25)13-3-1-2-4-14(13)20/h1-10H,(H2,21,24). The molecule has 0 bridgehead atoms. The van der Waals surface area contributed by atoms with Crippen LogP contribution in [0.2, 0.25) is 10.0 Å². The quantitative estimate of drug-likeness (QED) is 0.285. The highest BCUT2D eigenvalue weighted by Crippen LogP contribution is 2.28. The Labute approximate surface area is 169 Å². The number of hydrogen-bond donors (Lipinski definition) is 1. The van der Waals surface area contributed by atoms with Crippen LogP contribution in [0.25, 0.3) is 0 Å². The first-order valence-corrected chi connectivity index (χ1v) is 9.16. The molecule has 3 aromatic rings. The van der Waals surface area contributed by atoms with Gasteiger partial charge < -0.3 is 10.6 Å². The fourth-order valence-electron chi connectivity index (χ4n) is 2.00. The molecule has 27 heavy (non-hydrogen) atoms. The molecular formula is C18H12Cl2N4O2S. The number of nitrogens with zero attached hydrogens (tertiary/aromatic N) is 3. The van der Waals surface area contributed by atoms with Gasteiger partial charge in [0.2, 0.25) is 0 Å². The molecular weight excluding hydrogens is 407 g/mol. The van der Waals surface area contributed by atoms with Gasteiger partial charge in [-0.3, -0.25) is 0 Å². The summed E-state index contributed by atoms with van der Waals surface area (Å²) in [5.41, 5.74) is 6.42. The summed E-state index contributed by atoms with van der Waals surface area (Å²) in [6, 6.07) is 13.7. The van der Waals surface area contributed by atoms with E-state index in [0.29, 0.717) is 15.7 Å². The largest absolute Gasteiger partial charge is 0.379 e. The van der Waals surface area contributed by atoms with E-state index in [4.69, 9.17) is 33.8 Å². The summed E-state index contributed by atoms with van der Waals surface area (Å²) in [6.45, 7) is 0. The van der Waals surface area contributed by atoms with E-state index in [2.05, 4.69) is 15.1 Å². The highest BCUT2D eigenvalue weighted by atomic mass is 35.5. The molecule has 0 unspecified atom stereocenters. The maximum Gasteiger partial charge on any atom is 0.367 e. The Morgan fingerprint density at radius 3 is 2.48 bits per heavy atom. The van der Waals surface area contributed by atoms with Crippen molar-refractivity contribution >= 4 is 46.8 Å². The molecule has 0 radical (unpaired) electrons. The summed E-state index contributed by atoms with van der Waals surface area (Å²) in [5, 5.41) is 5.08. The molecule has 0 aliphatic heterocycles. The first-order chi connectivity index (χ1) is 13.0. The number of rotatable bonds is 5. The van der Waals surface area contributed by atoms with Crippen LogP contribution >= 0.6 is 35.0 Å². The number of aromatic nitrogens is 2. The molecule has 1 aromatic heterocycles. The first-order valence-electron chi connectivity index (χ1n) is 7.58. The lowest BCUT2D eigenvalue weighted by atomic mass is 10.2. The SMILES string of the molecule is N/C(=N/OC(=O)c1ccccc1Cl)c1nccnc1Sc1ccc(Cl)cc1. The zero-order valence-electron chi connectivity index (χ0n) is 13.7. The molecule has 0 aliphatic carbocycles. The molecule has 2 aromatic carbocycles. The summed E-state index contributed by atoms with van der Waals surface area (Å²) in [7, 11) is 0. The number of carbonyl (C=O) groups is 1. The summed E-state index contributed by atoms with van der Waals surface area (Å²) >= 11 is 13.2. The molecule has 2 N–H and O–H groups in total. The van der Waals surface area contributed by atoms with Crippen molar-refractivity contribution in [2.24, 2.45) is 10.9 Å². The predicted molar refractivity (Wildman–Crippen MR) is 105 cm³/mol. The number of amidine groups is 1. The van der Waals surface area contributed by atoms with Crippen molar-refractivity contribution in [1.29, 1.82) is 0 Å². The van der Waals surface area contributed by atoms with E-state index in [0.717, 1.165) is 4.90 Å². The maximum absolute atomic E-state index is 12.1. The first kappa shape index (κ1) is 19.2. The molecule has 1 heterocycles. The van der Waals surface area contributed by atoms with Crippen LogP contribution in [0.4, 0.5) is 0 Å². The summed E-state index contributed by atoms with van der Waals surface area (Å²) in [6.07, 6.45) is 3.00. The molecule has 0 fully saturated rings. The molecule has 0 spiro atoms. The van der Waals surface area contributed by atoms with Crippen LogP contribution in [0.3, 0.4) is 0 Å². The number of benzene rings is 2. The highest BCUT2D eigenvalue weighted by Gasteiger charge is 2.15. The van der Waals surface area contributed by atoms with Crippen LogP contribution in [0.1, 0.15) is 16.1 Å². The van der Waals surface area contributed by atoms with Crippen LogP contribution in [-0.2, 0) is 4.84 Å². The van der Waals surface area contributed by atoms with Crippen LogP contribution in [-0.4, -0.2) is 21.8 Å². The van der Waals surface area contributed by atoms with Gasteiger partial charge in [-0.25, -0.2) is 14.8 Å². The van der Waals surface area contributed by atoms with Gasteiger partial charge in [0.25, 0.3) is 0 Å². The topological polar surface area (TPSA) is 90.5 Å². The van der Waals surface area contributed by atoms with Gasteiger partial charge >= 0.3 is 5.97 Å². The van der Waals surface area contributed by atoms with Crippen molar-refractivity contribution in [2.45, 2.75) is 9.92 Å². The molecule has 6 nitrogen and oxygen atoms in total. The monoisotopic (exact) mass is 418 g/mol. The number of nitrogens with two attached hydrogens (primary N) is 1. The minimum absolute atomic E-state index is 0.0834. The van der Waals surface area contributed by atoms with Gasteiger partial charge in [0.05, 0.1) is 10.6 Å². The Balaban J connectivity index is 1.79. The van der Waals surface area contributed by atoms with Crippen LogP contribution in [0, 0.1) is 0 Å². The lowest BCUT2D eigenvalue weighted by molar-refractivity contribution is 0.0516. The predicted octanol–water partition coefficient (Wildman–Crippen LogP) is 4.41. The van der Waals surface area contributed by atoms with Gasteiger partial charge in [-0.1, -0.05) is 52.3 Å². The Morgan fingerprint density at radius 1 is 1.04 bits per heavy atom. The zero-order chi connectivity index (χ0) is 19.2. The fourth-order valence-corrected chi connectivity index (χ4v) is 3.20.